The molecule has 1 aromatic heterocycles. The molecule has 0 aromatic carbocycles. The monoisotopic (exact) mass is 139 g/mol. The van der Waals surface area contributed by atoms with Crippen molar-refractivity contribution in [3.63, 3.8) is 0 Å². The van der Waals surface area contributed by atoms with Gasteiger partial charge in [0.2, 0.25) is 0 Å². The minimum atomic E-state index is 0.0428. The third kappa shape index (κ3) is 1.19. The lowest BCUT2D eigenvalue weighted by Gasteiger charge is -1.99. The first-order valence-electron chi connectivity index (χ1n) is 3.37. The first-order chi connectivity index (χ1) is 4.61. The fourth-order valence-corrected chi connectivity index (χ4v) is 1.07. The zero-order valence-electron chi connectivity index (χ0n) is 6.63. The number of hydrogen-bond acceptors (Lipinski definition) is 2. The van der Waals surface area contributed by atoms with Gasteiger partial charge in [0, 0.05) is 19.3 Å². The van der Waals surface area contributed by atoms with E-state index in [-0.39, 0.29) is 6.04 Å². The third-order valence-electron chi connectivity index (χ3n) is 1.48. The molecule has 3 heteroatoms. The average molecular weight is 139 g/mol. The molecule has 0 aliphatic rings. The van der Waals surface area contributed by atoms with E-state index in [1.807, 2.05) is 27.1 Å². The van der Waals surface area contributed by atoms with Crippen molar-refractivity contribution >= 4 is 0 Å². The normalized spacial score (nSPS) is 13.6. The Balaban J connectivity index is 3.03. The minimum absolute atomic E-state index is 0.0428. The van der Waals surface area contributed by atoms with Crippen molar-refractivity contribution in [3.05, 3.63) is 17.5 Å². The fraction of sp³-hybridized carbons (Fsp3) is 0.571. The van der Waals surface area contributed by atoms with Crippen LogP contribution in [0.25, 0.3) is 0 Å². The van der Waals surface area contributed by atoms with E-state index >= 15 is 0 Å². The van der Waals surface area contributed by atoms with Crippen LogP contribution in [0.3, 0.4) is 0 Å². The van der Waals surface area contributed by atoms with Gasteiger partial charge in [0.05, 0.1) is 5.69 Å². The highest BCUT2D eigenvalue weighted by molar-refractivity contribution is 5.17. The van der Waals surface area contributed by atoms with Gasteiger partial charge >= 0.3 is 0 Å². The molecule has 0 saturated heterocycles. The standard InChI is InChI=1S/C7H13N3/c1-5-4-10(3)9-7(5)6(2)8/h4,6H,8H2,1-3H3. The number of aromatic nitrogens is 2. The molecule has 0 radical (unpaired) electrons. The van der Waals surface area contributed by atoms with Crippen LogP contribution in [0.15, 0.2) is 6.20 Å². The smallest absolute Gasteiger partial charge is 0.0817 e. The molecule has 0 spiro atoms. The third-order valence-corrected chi connectivity index (χ3v) is 1.48. The van der Waals surface area contributed by atoms with Gasteiger partial charge in [0.1, 0.15) is 0 Å². The van der Waals surface area contributed by atoms with Crippen LogP contribution < -0.4 is 5.73 Å². The fourth-order valence-electron chi connectivity index (χ4n) is 1.07. The Morgan fingerprint density at radius 2 is 2.30 bits per heavy atom. The van der Waals surface area contributed by atoms with Gasteiger partial charge in [-0.25, -0.2) is 0 Å². The molecule has 0 aliphatic carbocycles. The second-order valence-corrected chi connectivity index (χ2v) is 2.66. The van der Waals surface area contributed by atoms with E-state index in [1.54, 1.807) is 4.68 Å². The van der Waals surface area contributed by atoms with Crippen LogP contribution in [0.2, 0.25) is 0 Å². The summed E-state index contributed by atoms with van der Waals surface area (Å²) in [6.45, 7) is 3.96. The molecule has 10 heavy (non-hydrogen) atoms. The summed E-state index contributed by atoms with van der Waals surface area (Å²) < 4.78 is 1.79. The number of aryl methyl sites for hydroxylation is 2. The molecule has 0 bridgehead atoms. The summed E-state index contributed by atoms with van der Waals surface area (Å²) in [6.07, 6.45) is 1.97. The van der Waals surface area contributed by atoms with Gasteiger partial charge in [0.15, 0.2) is 0 Å². The van der Waals surface area contributed by atoms with Crippen LogP contribution >= 0.6 is 0 Å². The molecule has 1 unspecified atom stereocenters. The van der Waals surface area contributed by atoms with E-state index in [1.165, 1.54) is 0 Å². The highest BCUT2D eigenvalue weighted by Gasteiger charge is 2.06. The summed E-state index contributed by atoms with van der Waals surface area (Å²) in [7, 11) is 1.90. The van der Waals surface area contributed by atoms with Crippen molar-refractivity contribution in [1.82, 2.24) is 9.78 Å². The Morgan fingerprint density at radius 1 is 1.70 bits per heavy atom. The van der Waals surface area contributed by atoms with E-state index in [2.05, 4.69) is 5.10 Å². The molecule has 2 N–H and O–H groups in total. The zero-order chi connectivity index (χ0) is 7.72. The topological polar surface area (TPSA) is 43.8 Å². The molecular weight excluding hydrogens is 126 g/mol. The second-order valence-electron chi connectivity index (χ2n) is 2.66. The molecule has 56 valence electrons. The average Bonchev–Trinajstić information content (AvgIpc) is 2.10. The van der Waals surface area contributed by atoms with Gasteiger partial charge in [-0.2, -0.15) is 5.10 Å². The largest absolute Gasteiger partial charge is 0.323 e. The Hall–Kier alpha value is -0.830. The summed E-state index contributed by atoms with van der Waals surface area (Å²) in [4.78, 5) is 0. The van der Waals surface area contributed by atoms with Crippen molar-refractivity contribution in [3.8, 4) is 0 Å². The molecular formula is C7H13N3. The molecule has 0 amide bonds. The Kier molecular flexibility index (Phi) is 1.76. The Morgan fingerprint density at radius 3 is 2.50 bits per heavy atom. The summed E-state index contributed by atoms with van der Waals surface area (Å²) in [5, 5.41) is 4.20. The van der Waals surface area contributed by atoms with Crippen LogP contribution in [0.5, 0.6) is 0 Å². The minimum Gasteiger partial charge on any atom is -0.323 e. The molecule has 0 fully saturated rings. The van der Waals surface area contributed by atoms with Crippen molar-refractivity contribution < 1.29 is 0 Å². The number of rotatable bonds is 1. The summed E-state index contributed by atoms with van der Waals surface area (Å²) >= 11 is 0. The SMILES string of the molecule is Cc1cn(C)nc1C(C)N. The number of nitrogens with two attached hydrogens (primary N) is 1. The van der Waals surface area contributed by atoms with Crippen molar-refractivity contribution in [1.29, 1.82) is 0 Å². The van der Waals surface area contributed by atoms with Crippen LogP contribution in [-0.2, 0) is 7.05 Å². The first-order valence-corrected chi connectivity index (χ1v) is 3.37. The first kappa shape index (κ1) is 7.28. The van der Waals surface area contributed by atoms with Crippen LogP contribution in [0.4, 0.5) is 0 Å². The Bertz CT molecular complexity index is 225. The highest BCUT2D eigenvalue weighted by Crippen LogP contribution is 2.10. The predicted molar refractivity (Wildman–Crippen MR) is 40.5 cm³/mol. The molecule has 1 heterocycles. The molecule has 3 nitrogen and oxygen atoms in total. The van der Waals surface area contributed by atoms with Crippen LogP contribution in [-0.4, -0.2) is 9.78 Å². The summed E-state index contributed by atoms with van der Waals surface area (Å²) in [5.74, 6) is 0. The molecule has 1 aromatic rings. The van der Waals surface area contributed by atoms with Crippen molar-refractivity contribution in [2.24, 2.45) is 12.8 Å². The molecule has 1 atom stereocenters. The zero-order valence-corrected chi connectivity index (χ0v) is 6.63. The maximum Gasteiger partial charge on any atom is 0.0817 e. The van der Waals surface area contributed by atoms with E-state index < -0.39 is 0 Å². The van der Waals surface area contributed by atoms with Gasteiger partial charge in [-0.1, -0.05) is 0 Å². The van der Waals surface area contributed by atoms with Gasteiger partial charge in [0.25, 0.3) is 0 Å². The lowest BCUT2D eigenvalue weighted by atomic mass is 10.2. The lowest BCUT2D eigenvalue weighted by molar-refractivity contribution is 0.698. The number of hydrogen-bond donors (Lipinski definition) is 1. The molecule has 0 saturated carbocycles. The number of nitrogens with zero attached hydrogens (tertiary/aromatic N) is 2. The second kappa shape index (κ2) is 2.42. The van der Waals surface area contributed by atoms with Crippen molar-refractivity contribution in [2.45, 2.75) is 19.9 Å². The van der Waals surface area contributed by atoms with E-state index in [0.717, 1.165) is 11.3 Å². The molecule has 0 aliphatic heterocycles. The van der Waals surface area contributed by atoms with Crippen LogP contribution in [0, 0.1) is 6.92 Å². The predicted octanol–water partition coefficient (Wildman–Crippen LogP) is 0.748. The van der Waals surface area contributed by atoms with E-state index in [9.17, 15) is 0 Å². The van der Waals surface area contributed by atoms with E-state index in [4.69, 9.17) is 5.73 Å². The van der Waals surface area contributed by atoms with Gasteiger partial charge < -0.3 is 5.73 Å². The highest BCUT2D eigenvalue weighted by atomic mass is 15.3. The Labute approximate surface area is 60.8 Å². The maximum absolute atomic E-state index is 5.65. The van der Waals surface area contributed by atoms with Crippen molar-refractivity contribution in [2.75, 3.05) is 0 Å². The van der Waals surface area contributed by atoms with Crippen LogP contribution in [0.1, 0.15) is 24.2 Å². The maximum atomic E-state index is 5.65. The van der Waals surface area contributed by atoms with Gasteiger partial charge in [-0.15, -0.1) is 0 Å². The summed E-state index contributed by atoms with van der Waals surface area (Å²) in [6, 6.07) is 0.0428. The lowest BCUT2D eigenvalue weighted by Crippen LogP contribution is -2.07. The summed E-state index contributed by atoms with van der Waals surface area (Å²) in [5.41, 5.74) is 7.80. The van der Waals surface area contributed by atoms with E-state index in [0.29, 0.717) is 0 Å². The quantitative estimate of drug-likeness (QED) is 0.624. The van der Waals surface area contributed by atoms with Gasteiger partial charge in [-0.3, -0.25) is 4.68 Å². The molecule has 1 rings (SSSR count). The van der Waals surface area contributed by atoms with Gasteiger partial charge in [-0.05, 0) is 19.4 Å².